The minimum Gasteiger partial charge on any atom is -0.355 e. The number of carbonyl (C=O) groups excluding carboxylic acids is 2. The van der Waals surface area contributed by atoms with Crippen molar-refractivity contribution in [3.05, 3.63) is 76.3 Å². The van der Waals surface area contributed by atoms with E-state index in [9.17, 15) is 27.2 Å². The Hall–Kier alpha value is -3.40. The predicted molar refractivity (Wildman–Crippen MR) is 101 cm³/mol. The number of nitrogens with one attached hydrogen (secondary N) is 2. The summed E-state index contributed by atoms with van der Waals surface area (Å²) in [5.41, 5.74) is -2.70. The van der Waals surface area contributed by atoms with Gasteiger partial charge in [-0.05, 0) is 30.3 Å². The molecule has 2 amide bonds. The van der Waals surface area contributed by atoms with Gasteiger partial charge >= 0.3 is 6.18 Å². The monoisotopic (exact) mass is 440 g/mol. The second kappa shape index (κ2) is 8.15. The fourth-order valence-electron chi connectivity index (χ4n) is 2.69. The smallest absolute Gasteiger partial charge is 0.355 e. The maximum Gasteiger partial charge on any atom is 0.434 e. The van der Waals surface area contributed by atoms with Gasteiger partial charge in [0.25, 0.3) is 11.8 Å². The Balaban J connectivity index is 2.04. The van der Waals surface area contributed by atoms with Gasteiger partial charge in [-0.15, -0.1) is 0 Å². The zero-order chi connectivity index (χ0) is 22.1. The van der Waals surface area contributed by atoms with Crippen molar-refractivity contribution in [2.24, 2.45) is 0 Å². The van der Waals surface area contributed by atoms with Gasteiger partial charge in [-0.25, -0.2) is 9.07 Å². The van der Waals surface area contributed by atoms with Gasteiger partial charge in [-0.1, -0.05) is 23.7 Å². The first kappa shape index (κ1) is 21.3. The van der Waals surface area contributed by atoms with E-state index in [4.69, 9.17) is 11.6 Å². The van der Waals surface area contributed by atoms with E-state index in [1.54, 1.807) is 0 Å². The van der Waals surface area contributed by atoms with E-state index in [0.717, 1.165) is 12.1 Å². The average molecular weight is 441 g/mol. The summed E-state index contributed by atoms with van der Waals surface area (Å²) in [6.45, 7) is 0. The lowest BCUT2D eigenvalue weighted by Crippen LogP contribution is -2.22. The first-order chi connectivity index (χ1) is 14.1. The number of benzene rings is 2. The van der Waals surface area contributed by atoms with Crippen LogP contribution in [-0.4, -0.2) is 28.6 Å². The van der Waals surface area contributed by atoms with Gasteiger partial charge in [-0.2, -0.15) is 18.3 Å². The van der Waals surface area contributed by atoms with Gasteiger partial charge in [0.15, 0.2) is 5.69 Å². The molecule has 0 radical (unpaired) electrons. The van der Waals surface area contributed by atoms with Gasteiger partial charge in [0.2, 0.25) is 0 Å². The summed E-state index contributed by atoms with van der Waals surface area (Å²) < 4.78 is 55.5. The quantitative estimate of drug-likeness (QED) is 0.594. The molecule has 0 aliphatic rings. The van der Waals surface area contributed by atoms with Crippen LogP contribution in [0.5, 0.6) is 0 Å². The Kier molecular flexibility index (Phi) is 5.79. The second-order valence-corrected chi connectivity index (χ2v) is 6.40. The van der Waals surface area contributed by atoms with Crippen LogP contribution >= 0.6 is 11.6 Å². The SMILES string of the molecule is CNC(=O)c1ccc(Cl)c(NC(=O)c2cnn(-c3ccccc3F)c2C(F)(F)F)c1. The molecule has 0 saturated carbocycles. The van der Waals surface area contributed by atoms with Crippen LogP contribution in [0.4, 0.5) is 23.2 Å². The van der Waals surface area contributed by atoms with Crippen LogP contribution in [0.3, 0.4) is 0 Å². The standard InChI is InChI=1S/C19H13ClF4N4O2/c1-25-17(29)10-6-7-12(20)14(8-10)27-18(30)11-9-26-28(16(11)19(22,23)24)15-5-3-2-4-13(15)21/h2-9H,1H3,(H,25,29)(H,27,30). The zero-order valence-electron chi connectivity index (χ0n) is 15.2. The molecule has 0 saturated heterocycles. The van der Waals surface area contributed by atoms with Crippen LogP contribution in [0.1, 0.15) is 26.4 Å². The van der Waals surface area contributed by atoms with E-state index in [1.165, 1.54) is 37.4 Å². The van der Waals surface area contributed by atoms with Crippen molar-refractivity contribution in [3.8, 4) is 5.69 Å². The summed E-state index contributed by atoms with van der Waals surface area (Å²) in [5.74, 6) is -2.61. The summed E-state index contributed by atoms with van der Waals surface area (Å²) >= 11 is 5.99. The summed E-state index contributed by atoms with van der Waals surface area (Å²) in [6.07, 6.45) is -4.33. The van der Waals surface area contributed by atoms with E-state index >= 15 is 0 Å². The largest absolute Gasteiger partial charge is 0.434 e. The third kappa shape index (κ3) is 4.13. The number of nitrogens with zero attached hydrogens (tertiary/aromatic N) is 2. The highest BCUT2D eigenvalue weighted by Crippen LogP contribution is 2.35. The number of anilines is 1. The molecule has 2 aromatic carbocycles. The highest BCUT2D eigenvalue weighted by molar-refractivity contribution is 6.34. The molecule has 3 rings (SSSR count). The highest BCUT2D eigenvalue weighted by atomic mass is 35.5. The Morgan fingerprint density at radius 1 is 1.10 bits per heavy atom. The van der Waals surface area contributed by atoms with Crippen LogP contribution in [0, 0.1) is 5.82 Å². The molecule has 11 heteroatoms. The molecular formula is C19H13ClF4N4O2. The molecule has 3 aromatic rings. The Morgan fingerprint density at radius 3 is 2.43 bits per heavy atom. The van der Waals surface area contributed by atoms with Crippen molar-refractivity contribution in [3.63, 3.8) is 0 Å². The molecule has 6 nitrogen and oxygen atoms in total. The Morgan fingerprint density at radius 2 is 1.80 bits per heavy atom. The first-order valence-corrected chi connectivity index (χ1v) is 8.74. The molecule has 0 aliphatic carbocycles. The zero-order valence-corrected chi connectivity index (χ0v) is 16.0. The summed E-state index contributed by atoms with van der Waals surface area (Å²) in [6, 6.07) is 8.63. The number of hydrogen-bond acceptors (Lipinski definition) is 3. The molecule has 2 N–H and O–H groups in total. The van der Waals surface area contributed by atoms with E-state index in [1.807, 2.05) is 0 Å². The van der Waals surface area contributed by atoms with E-state index < -0.39 is 40.8 Å². The number of aromatic nitrogens is 2. The highest BCUT2D eigenvalue weighted by Gasteiger charge is 2.41. The van der Waals surface area contributed by atoms with Crippen LogP contribution < -0.4 is 10.6 Å². The number of para-hydroxylation sites is 1. The number of halogens is 5. The predicted octanol–water partition coefficient (Wildman–Crippen LogP) is 4.30. The van der Waals surface area contributed by atoms with Crippen molar-refractivity contribution in [2.75, 3.05) is 12.4 Å². The summed E-state index contributed by atoms with van der Waals surface area (Å²) in [7, 11) is 1.39. The van der Waals surface area contributed by atoms with Crippen LogP contribution in [-0.2, 0) is 6.18 Å². The molecule has 0 unspecified atom stereocenters. The van der Waals surface area contributed by atoms with Crippen LogP contribution in [0.15, 0.2) is 48.7 Å². The maximum absolute atomic E-state index is 14.0. The van der Waals surface area contributed by atoms with Crippen LogP contribution in [0.2, 0.25) is 5.02 Å². The third-order valence-electron chi connectivity index (χ3n) is 4.07. The molecule has 1 aromatic heterocycles. The molecule has 1 heterocycles. The number of amides is 2. The van der Waals surface area contributed by atoms with Gasteiger partial charge in [0.1, 0.15) is 11.5 Å². The molecule has 0 aliphatic heterocycles. The van der Waals surface area contributed by atoms with E-state index in [-0.39, 0.29) is 16.3 Å². The first-order valence-electron chi connectivity index (χ1n) is 8.36. The average Bonchev–Trinajstić information content (AvgIpc) is 3.15. The lowest BCUT2D eigenvalue weighted by Gasteiger charge is -2.14. The number of rotatable bonds is 4. The minimum atomic E-state index is -5.01. The molecule has 30 heavy (non-hydrogen) atoms. The van der Waals surface area contributed by atoms with Crippen LogP contribution in [0.25, 0.3) is 5.69 Å². The molecule has 0 atom stereocenters. The molecule has 0 spiro atoms. The maximum atomic E-state index is 14.0. The van der Waals surface area contributed by atoms with Gasteiger partial charge in [-0.3, -0.25) is 9.59 Å². The Bertz CT molecular complexity index is 1130. The Labute approximate surface area is 172 Å². The minimum absolute atomic E-state index is 0.00561. The topological polar surface area (TPSA) is 76.0 Å². The van der Waals surface area contributed by atoms with E-state index in [2.05, 4.69) is 15.7 Å². The number of hydrogen-bond donors (Lipinski definition) is 2. The number of alkyl halides is 3. The second-order valence-electron chi connectivity index (χ2n) is 6.00. The van der Waals surface area contributed by atoms with Crippen molar-refractivity contribution < 1.29 is 27.2 Å². The normalized spacial score (nSPS) is 11.3. The third-order valence-corrected chi connectivity index (χ3v) is 4.40. The van der Waals surface area contributed by atoms with Crippen molar-refractivity contribution in [1.82, 2.24) is 15.1 Å². The lowest BCUT2D eigenvalue weighted by molar-refractivity contribution is -0.143. The van der Waals surface area contributed by atoms with E-state index in [0.29, 0.717) is 10.9 Å². The van der Waals surface area contributed by atoms with Gasteiger partial charge in [0, 0.05) is 12.6 Å². The van der Waals surface area contributed by atoms with Crippen molar-refractivity contribution in [1.29, 1.82) is 0 Å². The van der Waals surface area contributed by atoms with Gasteiger partial charge < -0.3 is 10.6 Å². The van der Waals surface area contributed by atoms with Crippen molar-refractivity contribution >= 4 is 29.1 Å². The fourth-order valence-corrected chi connectivity index (χ4v) is 2.85. The fraction of sp³-hybridized carbons (Fsp3) is 0.105. The summed E-state index contributed by atoms with van der Waals surface area (Å²) in [4.78, 5) is 24.3. The molecule has 0 bridgehead atoms. The summed E-state index contributed by atoms with van der Waals surface area (Å²) in [5, 5.41) is 8.18. The number of carbonyl (C=O) groups is 2. The lowest BCUT2D eigenvalue weighted by atomic mass is 10.1. The van der Waals surface area contributed by atoms with Crippen molar-refractivity contribution in [2.45, 2.75) is 6.18 Å². The molecular weight excluding hydrogens is 428 g/mol. The molecule has 156 valence electrons. The van der Waals surface area contributed by atoms with Gasteiger partial charge in [0.05, 0.1) is 22.5 Å². The molecule has 0 fully saturated rings.